The van der Waals surface area contributed by atoms with Gasteiger partial charge in [-0.15, -0.1) is 0 Å². The molecule has 0 saturated heterocycles. The molecule has 3 atom stereocenters. The van der Waals surface area contributed by atoms with Gasteiger partial charge >= 0.3 is 5.97 Å². The zero-order chi connectivity index (χ0) is 15.9. The second-order valence-corrected chi connectivity index (χ2v) is 4.60. The highest BCUT2D eigenvalue weighted by Crippen LogP contribution is 2.02. The Hall–Kier alpha value is -1.71. The van der Waals surface area contributed by atoms with Crippen LogP contribution < -0.4 is 16.4 Å². The van der Waals surface area contributed by atoms with Gasteiger partial charge in [0.2, 0.25) is 11.8 Å². The lowest BCUT2D eigenvalue weighted by Gasteiger charge is -2.22. The number of aliphatic hydroxyl groups excluding tert-OH is 2. The van der Waals surface area contributed by atoms with Crippen molar-refractivity contribution in [2.45, 2.75) is 32.0 Å². The summed E-state index contributed by atoms with van der Waals surface area (Å²) < 4.78 is 0. The fraction of sp³-hybridized carbons (Fsp3) is 0.727. The summed E-state index contributed by atoms with van der Waals surface area (Å²) in [5, 5.41) is 31.0. The molecule has 2 amide bonds. The highest BCUT2D eigenvalue weighted by atomic mass is 16.4. The van der Waals surface area contributed by atoms with E-state index in [-0.39, 0.29) is 5.92 Å². The average Bonchev–Trinajstić information content (AvgIpc) is 2.39. The van der Waals surface area contributed by atoms with Crippen LogP contribution in [0.25, 0.3) is 0 Å². The standard InChI is InChI=1S/C11H21N3O6/c1-5(2)8(11(19)20)14-10(18)7(4-16)13-9(17)6(12)3-15/h5-8,15-16H,3-4,12H2,1-2H3,(H,13,17)(H,14,18)(H,19,20)/t6-,7-,8-/m0/s1. The molecule has 0 aromatic heterocycles. The van der Waals surface area contributed by atoms with Crippen LogP contribution in [0.5, 0.6) is 0 Å². The van der Waals surface area contributed by atoms with Gasteiger partial charge in [-0.3, -0.25) is 9.59 Å². The number of aliphatic hydroxyl groups is 2. The zero-order valence-electron chi connectivity index (χ0n) is 11.4. The summed E-state index contributed by atoms with van der Waals surface area (Å²) in [5.74, 6) is -3.25. The number of aliphatic carboxylic acids is 1. The van der Waals surface area contributed by atoms with E-state index in [0.717, 1.165) is 0 Å². The predicted octanol–water partition coefficient (Wildman–Crippen LogP) is -2.99. The zero-order valence-corrected chi connectivity index (χ0v) is 11.4. The van der Waals surface area contributed by atoms with E-state index in [2.05, 4.69) is 10.6 Å². The van der Waals surface area contributed by atoms with E-state index in [1.807, 2.05) is 0 Å². The van der Waals surface area contributed by atoms with Gasteiger partial charge in [-0.2, -0.15) is 0 Å². The smallest absolute Gasteiger partial charge is 0.326 e. The number of carbonyl (C=O) groups is 3. The normalized spacial score (nSPS) is 15.3. The number of nitrogens with two attached hydrogens (primary N) is 1. The first kappa shape index (κ1) is 18.3. The van der Waals surface area contributed by atoms with Gasteiger partial charge in [0.1, 0.15) is 18.1 Å². The third kappa shape index (κ3) is 5.51. The minimum Gasteiger partial charge on any atom is -0.480 e. The summed E-state index contributed by atoms with van der Waals surface area (Å²) in [7, 11) is 0. The van der Waals surface area contributed by atoms with Gasteiger partial charge in [-0.25, -0.2) is 4.79 Å². The number of carboxylic acid groups (broad SMARTS) is 1. The lowest BCUT2D eigenvalue weighted by Crippen LogP contribution is -2.57. The Balaban J connectivity index is 4.70. The maximum absolute atomic E-state index is 11.8. The molecule has 0 fully saturated rings. The Bertz CT molecular complexity index is 360. The van der Waals surface area contributed by atoms with Crippen molar-refractivity contribution in [2.75, 3.05) is 13.2 Å². The van der Waals surface area contributed by atoms with E-state index in [4.69, 9.17) is 21.1 Å². The second kappa shape index (κ2) is 8.46. The Kier molecular flexibility index (Phi) is 7.74. The molecule has 0 aliphatic rings. The van der Waals surface area contributed by atoms with E-state index in [0.29, 0.717) is 0 Å². The lowest BCUT2D eigenvalue weighted by atomic mass is 10.0. The van der Waals surface area contributed by atoms with E-state index < -0.39 is 49.1 Å². The van der Waals surface area contributed by atoms with Crippen molar-refractivity contribution >= 4 is 17.8 Å². The molecule has 0 rings (SSSR count). The van der Waals surface area contributed by atoms with Crippen LogP contribution in [0.15, 0.2) is 0 Å². The molecule has 9 nitrogen and oxygen atoms in total. The van der Waals surface area contributed by atoms with Crippen molar-refractivity contribution in [3.8, 4) is 0 Å². The SMILES string of the molecule is CC(C)[C@H](NC(=O)[C@H](CO)NC(=O)[C@@H](N)CO)C(=O)O. The van der Waals surface area contributed by atoms with Gasteiger partial charge in [0.25, 0.3) is 0 Å². The number of hydrogen-bond donors (Lipinski definition) is 6. The third-order valence-corrected chi connectivity index (χ3v) is 2.58. The van der Waals surface area contributed by atoms with Crippen LogP contribution in [-0.2, 0) is 14.4 Å². The Morgan fingerprint density at radius 1 is 1.05 bits per heavy atom. The first-order valence-electron chi connectivity index (χ1n) is 6.05. The lowest BCUT2D eigenvalue weighted by molar-refractivity contribution is -0.143. The van der Waals surface area contributed by atoms with Crippen LogP contribution in [0.4, 0.5) is 0 Å². The summed E-state index contributed by atoms with van der Waals surface area (Å²) >= 11 is 0. The summed E-state index contributed by atoms with van der Waals surface area (Å²) in [4.78, 5) is 34.1. The molecule has 0 aromatic carbocycles. The molecular weight excluding hydrogens is 270 g/mol. The van der Waals surface area contributed by atoms with Crippen LogP contribution in [0.1, 0.15) is 13.8 Å². The van der Waals surface area contributed by atoms with Gasteiger partial charge in [0, 0.05) is 0 Å². The molecule has 0 unspecified atom stereocenters. The summed E-state index contributed by atoms with van der Waals surface area (Å²) in [6.45, 7) is 1.87. The number of carbonyl (C=O) groups excluding carboxylic acids is 2. The first-order chi connectivity index (χ1) is 9.24. The van der Waals surface area contributed by atoms with Gasteiger partial charge in [-0.1, -0.05) is 13.8 Å². The van der Waals surface area contributed by atoms with Crippen LogP contribution >= 0.6 is 0 Å². The highest BCUT2D eigenvalue weighted by Gasteiger charge is 2.28. The summed E-state index contributed by atoms with van der Waals surface area (Å²) in [6.07, 6.45) is 0. The molecule has 0 bridgehead atoms. The van der Waals surface area contributed by atoms with Crippen molar-refractivity contribution in [1.29, 1.82) is 0 Å². The topological polar surface area (TPSA) is 162 Å². The van der Waals surface area contributed by atoms with E-state index in [1.54, 1.807) is 13.8 Å². The fourth-order valence-electron chi connectivity index (χ4n) is 1.32. The Labute approximate surface area is 116 Å². The quantitative estimate of drug-likeness (QED) is 0.278. The molecule has 0 aliphatic carbocycles. The fourth-order valence-corrected chi connectivity index (χ4v) is 1.32. The van der Waals surface area contributed by atoms with E-state index in [9.17, 15) is 14.4 Å². The van der Waals surface area contributed by atoms with Crippen LogP contribution in [-0.4, -0.2) is 64.4 Å². The molecule has 0 radical (unpaired) electrons. The molecule has 0 spiro atoms. The van der Waals surface area contributed by atoms with Crippen molar-refractivity contribution in [1.82, 2.24) is 10.6 Å². The number of amides is 2. The van der Waals surface area contributed by atoms with Gasteiger partial charge in [0.15, 0.2) is 0 Å². The van der Waals surface area contributed by atoms with Gasteiger partial charge in [-0.05, 0) is 5.92 Å². The first-order valence-corrected chi connectivity index (χ1v) is 6.05. The molecule has 116 valence electrons. The monoisotopic (exact) mass is 291 g/mol. The van der Waals surface area contributed by atoms with E-state index in [1.165, 1.54) is 0 Å². The van der Waals surface area contributed by atoms with Crippen molar-refractivity contribution in [3.05, 3.63) is 0 Å². The van der Waals surface area contributed by atoms with Crippen molar-refractivity contribution in [3.63, 3.8) is 0 Å². The molecule has 0 aliphatic heterocycles. The van der Waals surface area contributed by atoms with Crippen molar-refractivity contribution in [2.24, 2.45) is 11.7 Å². The molecule has 0 aromatic rings. The maximum atomic E-state index is 11.8. The number of rotatable bonds is 8. The summed E-state index contributed by atoms with van der Waals surface area (Å²) in [5.41, 5.74) is 5.25. The largest absolute Gasteiger partial charge is 0.480 e. The highest BCUT2D eigenvalue weighted by molar-refractivity contribution is 5.91. The molecule has 0 saturated carbocycles. The Morgan fingerprint density at radius 3 is 1.95 bits per heavy atom. The number of hydrogen-bond acceptors (Lipinski definition) is 6. The van der Waals surface area contributed by atoms with Crippen LogP contribution in [0.2, 0.25) is 0 Å². The average molecular weight is 291 g/mol. The van der Waals surface area contributed by atoms with Gasteiger partial charge in [0.05, 0.1) is 13.2 Å². The minimum absolute atomic E-state index is 0.369. The number of nitrogens with one attached hydrogen (secondary N) is 2. The van der Waals surface area contributed by atoms with Gasteiger partial charge < -0.3 is 31.7 Å². The molecule has 20 heavy (non-hydrogen) atoms. The molecule has 9 heteroatoms. The maximum Gasteiger partial charge on any atom is 0.326 e. The third-order valence-electron chi connectivity index (χ3n) is 2.58. The molecule has 0 heterocycles. The molecular formula is C11H21N3O6. The predicted molar refractivity (Wildman–Crippen MR) is 68.5 cm³/mol. The van der Waals surface area contributed by atoms with Crippen LogP contribution in [0.3, 0.4) is 0 Å². The molecule has 7 N–H and O–H groups in total. The summed E-state index contributed by atoms with van der Waals surface area (Å²) in [6, 6.07) is -3.70. The van der Waals surface area contributed by atoms with E-state index >= 15 is 0 Å². The second-order valence-electron chi connectivity index (χ2n) is 4.60. The van der Waals surface area contributed by atoms with Crippen LogP contribution in [0, 0.1) is 5.92 Å². The van der Waals surface area contributed by atoms with Crippen molar-refractivity contribution < 1.29 is 29.7 Å². The number of carboxylic acids is 1. The Morgan fingerprint density at radius 2 is 1.60 bits per heavy atom. The minimum atomic E-state index is -1.33.